The Morgan fingerprint density at radius 3 is 2.56 bits per heavy atom. The summed E-state index contributed by atoms with van der Waals surface area (Å²) in [4.78, 5) is 15.1. The van der Waals surface area contributed by atoms with Gasteiger partial charge in [-0.05, 0) is 43.6 Å². The lowest BCUT2D eigenvalue weighted by Gasteiger charge is -2.40. The molecule has 1 saturated carbocycles. The van der Waals surface area contributed by atoms with Crippen molar-refractivity contribution in [3.63, 3.8) is 0 Å². The van der Waals surface area contributed by atoms with Crippen molar-refractivity contribution in [3.8, 4) is 0 Å². The fourth-order valence-electron chi connectivity index (χ4n) is 4.25. The standard InChI is InChI=1S/C19H30N2O4S2/c1-2-11-21(16-6-3-4-7-17(16)22)19(23)15-9-12-20(13-10-15)27(24,25)18-8-5-14-26-18/h5,8,14-17,22H,2-4,6-7,9-13H2,1H3. The molecule has 1 N–H and O–H groups in total. The van der Waals surface area contributed by atoms with Gasteiger partial charge in [-0.3, -0.25) is 4.79 Å². The number of hydrogen-bond acceptors (Lipinski definition) is 5. The molecule has 3 rings (SSSR count). The highest BCUT2D eigenvalue weighted by Crippen LogP contribution is 2.30. The molecule has 6 nitrogen and oxygen atoms in total. The van der Waals surface area contributed by atoms with Crippen molar-refractivity contribution >= 4 is 27.3 Å². The third kappa shape index (κ3) is 4.55. The van der Waals surface area contributed by atoms with Crippen LogP contribution in [0.5, 0.6) is 0 Å². The van der Waals surface area contributed by atoms with Crippen LogP contribution in [0.15, 0.2) is 21.7 Å². The van der Waals surface area contributed by atoms with E-state index in [1.54, 1.807) is 17.5 Å². The van der Waals surface area contributed by atoms with E-state index in [2.05, 4.69) is 0 Å². The number of nitrogens with zero attached hydrogens (tertiary/aromatic N) is 2. The van der Waals surface area contributed by atoms with Crippen molar-refractivity contribution in [1.29, 1.82) is 0 Å². The van der Waals surface area contributed by atoms with Crippen LogP contribution in [0, 0.1) is 5.92 Å². The number of sulfonamides is 1. The first-order chi connectivity index (χ1) is 12.9. The second-order valence-electron chi connectivity index (χ2n) is 7.56. The molecule has 27 heavy (non-hydrogen) atoms. The van der Waals surface area contributed by atoms with Crippen LogP contribution < -0.4 is 0 Å². The number of aliphatic hydroxyl groups excluding tert-OH is 1. The van der Waals surface area contributed by atoms with E-state index < -0.39 is 16.1 Å². The summed E-state index contributed by atoms with van der Waals surface area (Å²) in [5.74, 6) is -0.0589. The van der Waals surface area contributed by atoms with Crippen LogP contribution in [-0.4, -0.2) is 60.4 Å². The summed E-state index contributed by atoms with van der Waals surface area (Å²) >= 11 is 1.23. The van der Waals surface area contributed by atoms with Crippen molar-refractivity contribution < 1.29 is 18.3 Å². The summed E-state index contributed by atoms with van der Waals surface area (Å²) in [5.41, 5.74) is 0. The minimum absolute atomic E-state index is 0.0842. The topological polar surface area (TPSA) is 77.9 Å². The van der Waals surface area contributed by atoms with Gasteiger partial charge in [0.05, 0.1) is 12.1 Å². The fourth-order valence-corrected chi connectivity index (χ4v) is 6.86. The average molecular weight is 415 g/mol. The lowest BCUT2D eigenvalue weighted by Crippen LogP contribution is -2.52. The monoisotopic (exact) mass is 414 g/mol. The van der Waals surface area contributed by atoms with Gasteiger partial charge < -0.3 is 10.0 Å². The second-order valence-corrected chi connectivity index (χ2v) is 10.7. The van der Waals surface area contributed by atoms with E-state index in [4.69, 9.17) is 0 Å². The smallest absolute Gasteiger partial charge is 0.252 e. The number of carbonyl (C=O) groups is 1. The van der Waals surface area contributed by atoms with Crippen molar-refractivity contribution in [1.82, 2.24) is 9.21 Å². The summed E-state index contributed by atoms with van der Waals surface area (Å²) in [5, 5.41) is 12.2. The third-order valence-electron chi connectivity index (χ3n) is 5.73. The number of carbonyl (C=O) groups excluding carboxylic acids is 1. The summed E-state index contributed by atoms with van der Waals surface area (Å²) < 4.78 is 27.2. The lowest BCUT2D eigenvalue weighted by molar-refractivity contribution is -0.143. The molecule has 2 heterocycles. The normalized spacial score (nSPS) is 25.4. The Balaban J connectivity index is 1.64. The van der Waals surface area contributed by atoms with Crippen molar-refractivity contribution in [3.05, 3.63) is 17.5 Å². The minimum Gasteiger partial charge on any atom is -0.391 e. The molecular formula is C19H30N2O4S2. The van der Waals surface area contributed by atoms with Crippen molar-refractivity contribution in [2.75, 3.05) is 19.6 Å². The maximum absolute atomic E-state index is 13.2. The van der Waals surface area contributed by atoms with E-state index in [1.807, 2.05) is 11.8 Å². The van der Waals surface area contributed by atoms with Gasteiger partial charge in [0.2, 0.25) is 5.91 Å². The Labute approximate surface area is 166 Å². The first kappa shape index (κ1) is 20.8. The van der Waals surface area contributed by atoms with E-state index in [0.29, 0.717) is 36.7 Å². The minimum atomic E-state index is -3.44. The van der Waals surface area contributed by atoms with Gasteiger partial charge in [0.1, 0.15) is 4.21 Å². The highest BCUT2D eigenvalue weighted by molar-refractivity contribution is 7.91. The maximum atomic E-state index is 13.2. The molecule has 2 unspecified atom stereocenters. The molecule has 0 aromatic carbocycles. The Morgan fingerprint density at radius 1 is 1.26 bits per heavy atom. The largest absolute Gasteiger partial charge is 0.391 e. The SMILES string of the molecule is CCCN(C(=O)C1CCN(S(=O)(=O)c2cccs2)CC1)C1CCCCC1O. The maximum Gasteiger partial charge on any atom is 0.252 e. The fraction of sp³-hybridized carbons (Fsp3) is 0.737. The molecule has 1 amide bonds. The van der Waals surface area contributed by atoms with Gasteiger partial charge in [0, 0.05) is 25.6 Å². The molecule has 152 valence electrons. The molecule has 0 radical (unpaired) electrons. The summed E-state index contributed by atoms with van der Waals surface area (Å²) in [6.45, 7) is 3.47. The summed E-state index contributed by atoms with van der Waals surface area (Å²) in [7, 11) is -3.44. The zero-order valence-electron chi connectivity index (χ0n) is 15.9. The molecule has 2 fully saturated rings. The molecule has 0 spiro atoms. The van der Waals surface area contributed by atoms with Gasteiger partial charge in [-0.25, -0.2) is 8.42 Å². The van der Waals surface area contributed by atoms with Gasteiger partial charge in [-0.1, -0.05) is 25.8 Å². The Bertz CT molecular complexity index is 712. The average Bonchev–Trinajstić information content (AvgIpc) is 3.22. The Hall–Kier alpha value is -0.960. The van der Waals surface area contributed by atoms with Gasteiger partial charge in [0.25, 0.3) is 10.0 Å². The van der Waals surface area contributed by atoms with Crippen LogP contribution in [-0.2, 0) is 14.8 Å². The van der Waals surface area contributed by atoms with Gasteiger partial charge in [-0.15, -0.1) is 11.3 Å². The van der Waals surface area contributed by atoms with Crippen molar-refractivity contribution in [2.24, 2.45) is 5.92 Å². The number of aliphatic hydroxyl groups is 1. The van der Waals surface area contributed by atoms with E-state index in [1.165, 1.54) is 15.6 Å². The summed E-state index contributed by atoms with van der Waals surface area (Å²) in [6, 6.07) is 3.29. The molecule has 1 aliphatic carbocycles. The zero-order chi connectivity index (χ0) is 19.4. The highest BCUT2D eigenvalue weighted by Gasteiger charge is 2.37. The van der Waals surface area contributed by atoms with Gasteiger partial charge in [0.15, 0.2) is 0 Å². The van der Waals surface area contributed by atoms with Crippen LogP contribution in [0.4, 0.5) is 0 Å². The highest BCUT2D eigenvalue weighted by atomic mass is 32.2. The molecule has 8 heteroatoms. The van der Waals surface area contributed by atoms with Crippen LogP contribution in [0.3, 0.4) is 0 Å². The molecule has 0 bridgehead atoms. The van der Waals surface area contributed by atoms with Crippen LogP contribution in [0.1, 0.15) is 51.9 Å². The van der Waals surface area contributed by atoms with Crippen LogP contribution >= 0.6 is 11.3 Å². The number of thiophene rings is 1. The molecular weight excluding hydrogens is 384 g/mol. The van der Waals surface area contributed by atoms with Crippen LogP contribution in [0.25, 0.3) is 0 Å². The first-order valence-corrected chi connectivity index (χ1v) is 12.3. The third-order valence-corrected chi connectivity index (χ3v) is 9.01. The van der Waals surface area contributed by atoms with Crippen LogP contribution in [0.2, 0.25) is 0 Å². The molecule has 1 aromatic rings. The van der Waals surface area contributed by atoms with Gasteiger partial charge >= 0.3 is 0 Å². The lowest BCUT2D eigenvalue weighted by atomic mass is 9.89. The Morgan fingerprint density at radius 2 is 1.96 bits per heavy atom. The van der Waals surface area contributed by atoms with Gasteiger partial charge in [-0.2, -0.15) is 4.31 Å². The predicted molar refractivity (Wildman–Crippen MR) is 106 cm³/mol. The predicted octanol–water partition coefficient (Wildman–Crippen LogP) is 2.69. The van der Waals surface area contributed by atoms with E-state index >= 15 is 0 Å². The zero-order valence-corrected chi connectivity index (χ0v) is 17.6. The first-order valence-electron chi connectivity index (χ1n) is 9.97. The van der Waals surface area contributed by atoms with Crippen molar-refractivity contribution in [2.45, 2.75) is 68.2 Å². The van der Waals surface area contributed by atoms with E-state index in [0.717, 1.165) is 32.1 Å². The molecule has 1 aromatic heterocycles. The molecule has 1 aliphatic heterocycles. The number of piperidine rings is 1. The summed E-state index contributed by atoms with van der Waals surface area (Å²) in [6.07, 6.45) is 5.21. The number of hydrogen-bond donors (Lipinski definition) is 1. The molecule has 1 saturated heterocycles. The van der Waals surface area contributed by atoms with E-state index in [-0.39, 0.29) is 17.9 Å². The van der Waals surface area contributed by atoms with E-state index in [9.17, 15) is 18.3 Å². The number of rotatable bonds is 6. The Kier molecular flexibility index (Phi) is 6.94. The number of amides is 1. The quantitative estimate of drug-likeness (QED) is 0.776. The molecule has 2 aliphatic rings. The second kappa shape index (κ2) is 9.03. The molecule has 2 atom stereocenters.